The van der Waals surface area contributed by atoms with Crippen LogP contribution in [0.1, 0.15) is 28.6 Å². The number of hydrogen-bond donors (Lipinski definition) is 2. The first-order chi connectivity index (χ1) is 17.3. The Morgan fingerprint density at radius 2 is 1.89 bits per heavy atom. The maximum atomic E-state index is 12.6. The maximum absolute atomic E-state index is 12.6. The molecule has 1 saturated heterocycles. The van der Waals surface area contributed by atoms with Crippen molar-refractivity contribution in [1.29, 1.82) is 0 Å². The van der Waals surface area contributed by atoms with E-state index < -0.39 is 28.6 Å². The molecule has 12 heteroatoms. The second kappa shape index (κ2) is 9.74. The molecule has 186 valence electrons. The molecular weight excluding hydrogens is 486 g/mol. The molecule has 0 bridgehead atoms. The van der Waals surface area contributed by atoms with E-state index in [9.17, 15) is 18.3 Å². The number of nitrogens with one attached hydrogen (secondary N) is 1. The highest BCUT2D eigenvalue weighted by Gasteiger charge is 2.37. The van der Waals surface area contributed by atoms with Crippen LogP contribution >= 0.6 is 0 Å². The van der Waals surface area contributed by atoms with Gasteiger partial charge in [-0.15, -0.1) is 0 Å². The van der Waals surface area contributed by atoms with E-state index in [2.05, 4.69) is 20.3 Å². The van der Waals surface area contributed by atoms with Crippen molar-refractivity contribution in [2.24, 2.45) is 0 Å². The molecule has 2 N–H and O–H groups in total. The minimum atomic E-state index is -4.01. The summed E-state index contributed by atoms with van der Waals surface area (Å²) < 4.78 is 37.7. The lowest BCUT2D eigenvalue weighted by atomic mass is 10.2. The van der Waals surface area contributed by atoms with Gasteiger partial charge in [0.25, 0.3) is 16.0 Å². The Bertz CT molecular complexity index is 1490. The first kappa shape index (κ1) is 24.0. The Kier molecular flexibility index (Phi) is 6.49. The quantitative estimate of drug-likeness (QED) is 0.359. The molecule has 0 spiro atoms. The minimum absolute atomic E-state index is 0.0273. The van der Waals surface area contributed by atoms with Crippen LogP contribution in [0, 0.1) is 6.92 Å². The van der Waals surface area contributed by atoms with Crippen molar-refractivity contribution in [1.82, 2.24) is 19.5 Å². The summed E-state index contributed by atoms with van der Waals surface area (Å²) in [5, 5.41) is 13.2. The molecule has 2 aromatic heterocycles. The van der Waals surface area contributed by atoms with Gasteiger partial charge in [-0.1, -0.05) is 35.9 Å². The summed E-state index contributed by atoms with van der Waals surface area (Å²) in [5.41, 5.74) is 2.13. The first-order valence-electron chi connectivity index (χ1n) is 11.2. The van der Waals surface area contributed by atoms with Crippen LogP contribution in [-0.4, -0.2) is 57.8 Å². The molecule has 3 atom stereocenters. The van der Waals surface area contributed by atoms with E-state index >= 15 is 0 Å². The van der Waals surface area contributed by atoms with Gasteiger partial charge in [-0.25, -0.2) is 15.0 Å². The second-order valence-electron chi connectivity index (χ2n) is 8.35. The largest absolute Gasteiger partial charge is 0.390 e. The van der Waals surface area contributed by atoms with Gasteiger partial charge >= 0.3 is 0 Å². The van der Waals surface area contributed by atoms with Crippen LogP contribution in [0.3, 0.4) is 0 Å². The van der Waals surface area contributed by atoms with E-state index in [1.165, 1.54) is 24.8 Å². The number of ether oxygens (including phenoxy) is 1. The van der Waals surface area contributed by atoms with E-state index in [0.717, 1.165) is 5.56 Å². The van der Waals surface area contributed by atoms with Crippen LogP contribution in [-0.2, 0) is 19.0 Å². The van der Waals surface area contributed by atoms with Crippen molar-refractivity contribution >= 4 is 33.0 Å². The van der Waals surface area contributed by atoms with Gasteiger partial charge in [0.2, 0.25) is 0 Å². The van der Waals surface area contributed by atoms with E-state index in [1.807, 2.05) is 13.0 Å². The fourth-order valence-corrected chi connectivity index (χ4v) is 4.81. The molecule has 0 saturated carbocycles. The second-order valence-corrected chi connectivity index (χ2v) is 9.97. The zero-order chi connectivity index (χ0) is 25.3. The van der Waals surface area contributed by atoms with E-state index in [4.69, 9.17) is 8.92 Å². The number of benzene rings is 2. The average molecular weight is 510 g/mol. The van der Waals surface area contributed by atoms with Crippen molar-refractivity contribution in [2.45, 2.75) is 36.7 Å². The smallest absolute Gasteiger partial charge is 0.297 e. The number of aromatic nitrogens is 4. The van der Waals surface area contributed by atoms with Crippen molar-refractivity contribution < 1.29 is 27.2 Å². The van der Waals surface area contributed by atoms with Crippen LogP contribution in [0.15, 0.2) is 72.1 Å². The van der Waals surface area contributed by atoms with Gasteiger partial charge in [-0.05, 0) is 31.2 Å². The fourth-order valence-electron chi connectivity index (χ4n) is 3.89. The Morgan fingerprint density at radius 3 is 2.64 bits per heavy atom. The monoisotopic (exact) mass is 509 g/mol. The molecule has 36 heavy (non-hydrogen) atoms. The number of carbonyl (C=O) groups excluding carboxylic acids is 1. The van der Waals surface area contributed by atoms with Crippen molar-refractivity contribution in [3.8, 4) is 0 Å². The SMILES string of the molecule is Cc1ccc(S(=O)(=O)OC[C@H]2O[C@@H](n3cnc4c(NC(=O)c5ccccc5)ncnc43)C[C@@H]2O)cc1. The molecule has 0 unspecified atom stereocenters. The van der Waals surface area contributed by atoms with Crippen molar-refractivity contribution in [3.05, 3.63) is 78.4 Å². The highest BCUT2D eigenvalue weighted by Crippen LogP contribution is 2.32. The van der Waals surface area contributed by atoms with Crippen LogP contribution in [0.5, 0.6) is 0 Å². The van der Waals surface area contributed by atoms with E-state index in [0.29, 0.717) is 16.7 Å². The summed E-state index contributed by atoms with van der Waals surface area (Å²) in [4.78, 5) is 25.3. The van der Waals surface area contributed by atoms with Crippen molar-refractivity contribution in [2.75, 3.05) is 11.9 Å². The molecule has 5 rings (SSSR count). The maximum Gasteiger partial charge on any atom is 0.297 e. The molecule has 1 fully saturated rings. The molecule has 4 aromatic rings. The van der Waals surface area contributed by atoms with Gasteiger partial charge in [0.05, 0.1) is 23.9 Å². The number of aliphatic hydroxyl groups excluding tert-OH is 1. The molecule has 1 aliphatic rings. The van der Waals surface area contributed by atoms with E-state index in [-0.39, 0.29) is 29.6 Å². The highest BCUT2D eigenvalue weighted by atomic mass is 32.2. The number of rotatable bonds is 7. The summed E-state index contributed by atoms with van der Waals surface area (Å²) in [6, 6.07) is 15.0. The summed E-state index contributed by atoms with van der Waals surface area (Å²) in [5.74, 6) is -0.111. The summed E-state index contributed by atoms with van der Waals surface area (Å²) in [6.07, 6.45) is 0.405. The third-order valence-corrected chi connectivity index (χ3v) is 7.13. The number of amides is 1. The van der Waals surface area contributed by atoms with Gasteiger partial charge < -0.3 is 15.2 Å². The van der Waals surface area contributed by atoms with Gasteiger partial charge in [0.1, 0.15) is 18.7 Å². The predicted octanol–water partition coefficient (Wildman–Crippen LogP) is 2.44. The molecule has 0 aliphatic carbocycles. The number of aliphatic hydroxyl groups is 1. The molecule has 1 amide bonds. The number of carbonyl (C=O) groups is 1. The van der Waals surface area contributed by atoms with E-state index in [1.54, 1.807) is 41.0 Å². The first-order valence-corrected chi connectivity index (χ1v) is 12.6. The van der Waals surface area contributed by atoms with Gasteiger partial charge in [0.15, 0.2) is 17.0 Å². The number of hydrogen-bond acceptors (Lipinski definition) is 9. The topological polar surface area (TPSA) is 146 Å². The lowest BCUT2D eigenvalue weighted by Gasteiger charge is -2.16. The van der Waals surface area contributed by atoms with Gasteiger partial charge in [0, 0.05) is 12.0 Å². The molecule has 0 radical (unpaired) electrons. The lowest BCUT2D eigenvalue weighted by Crippen LogP contribution is -2.28. The van der Waals surface area contributed by atoms with Crippen LogP contribution < -0.4 is 5.32 Å². The molecule has 1 aliphatic heterocycles. The number of fused-ring (bicyclic) bond motifs is 1. The Labute approximate surface area is 206 Å². The molecule has 11 nitrogen and oxygen atoms in total. The molecular formula is C24H23N5O6S. The summed E-state index contributed by atoms with van der Waals surface area (Å²) in [6.45, 7) is 1.50. The summed E-state index contributed by atoms with van der Waals surface area (Å²) in [7, 11) is -4.01. The number of nitrogens with zero attached hydrogens (tertiary/aromatic N) is 4. The Morgan fingerprint density at radius 1 is 1.14 bits per heavy atom. The molecule has 2 aromatic carbocycles. The number of anilines is 1. The predicted molar refractivity (Wildman–Crippen MR) is 129 cm³/mol. The highest BCUT2D eigenvalue weighted by molar-refractivity contribution is 7.86. The van der Waals surface area contributed by atoms with Crippen molar-refractivity contribution in [3.63, 3.8) is 0 Å². The standard InChI is InChI=1S/C24H23N5O6S/c1-15-7-9-17(10-8-15)36(32,33)34-12-19-18(30)11-20(35-19)29-14-27-21-22(25-13-26-23(21)29)28-24(31)16-5-3-2-4-6-16/h2-10,13-14,18-20,30H,11-12H2,1H3,(H,25,26,28,31)/t18-,19+,20+/m0/s1. The Hall–Kier alpha value is -3.71. The molecule has 3 heterocycles. The zero-order valence-electron chi connectivity index (χ0n) is 19.2. The third kappa shape index (κ3) is 4.84. The van der Waals surface area contributed by atoms with Crippen LogP contribution in [0.2, 0.25) is 0 Å². The summed E-state index contributed by atoms with van der Waals surface area (Å²) >= 11 is 0. The lowest BCUT2D eigenvalue weighted by molar-refractivity contribution is -0.0371. The average Bonchev–Trinajstić information content (AvgIpc) is 3.47. The number of aryl methyl sites for hydroxylation is 1. The van der Waals surface area contributed by atoms with Crippen LogP contribution in [0.25, 0.3) is 11.2 Å². The fraction of sp³-hybridized carbons (Fsp3) is 0.250. The minimum Gasteiger partial charge on any atom is -0.390 e. The normalized spacial score (nSPS) is 20.0. The van der Waals surface area contributed by atoms with Crippen LogP contribution in [0.4, 0.5) is 5.82 Å². The third-order valence-electron chi connectivity index (χ3n) is 5.84. The Balaban J connectivity index is 1.29. The zero-order valence-corrected chi connectivity index (χ0v) is 20.0. The van der Waals surface area contributed by atoms with Gasteiger partial charge in [-0.3, -0.25) is 13.5 Å². The van der Waals surface area contributed by atoms with Gasteiger partial charge in [-0.2, -0.15) is 8.42 Å². The number of imidazole rings is 1.